The Morgan fingerprint density at radius 1 is 1.07 bits per heavy atom. The summed E-state index contributed by atoms with van der Waals surface area (Å²) in [6.45, 7) is 11.0. The fourth-order valence-corrected chi connectivity index (χ4v) is 2.30. The highest BCUT2D eigenvalue weighted by molar-refractivity contribution is 4.79. The monoisotopic (exact) mass is 199 g/mol. The van der Waals surface area contributed by atoms with Crippen LogP contribution in [0.25, 0.3) is 0 Å². The van der Waals surface area contributed by atoms with Crippen molar-refractivity contribution >= 4 is 0 Å². The third kappa shape index (κ3) is 2.96. The van der Waals surface area contributed by atoms with E-state index in [4.69, 9.17) is 0 Å². The van der Waals surface area contributed by atoms with E-state index in [0.717, 1.165) is 24.9 Å². The molecule has 2 heteroatoms. The van der Waals surface area contributed by atoms with Crippen LogP contribution >= 0.6 is 0 Å². The topological polar surface area (TPSA) is 23.5 Å². The van der Waals surface area contributed by atoms with Crippen molar-refractivity contribution in [1.29, 1.82) is 0 Å². The minimum atomic E-state index is -0.203. The van der Waals surface area contributed by atoms with Crippen LogP contribution in [-0.4, -0.2) is 35.2 Å². The van der Waals surface area contributed by atoms with Gasteiger partial charge in [0.05, 0.1) is 6.10 Å². The van der Waals surface area contributed by atoms with Crippen LogP contribution in [-0.2, 0) is 0 Å². The summed E-state index contributed by atoms with van der Waals surface area (Å²) in [6.07, 6.45) is 2.40. The Balaban J connectivity index is 2.35. The van der Waals surface area contributed by atoms with Crippen molar-refractivity contribution < 1.29 is 5.11 Å². The molecule has 0 saturated carbocycles. The quantitative estimate of drug-likeness (QED) is 0.752. The molecule has 1 aliphatic heterocycles. The lowest BCUT2D eigenvalue weighted by Gasteiger charge is -2.38. The minimum Gasteiger partial charge on any atom is -0.392 e. The normalized spacial score (nSPS) is 25.3. The maximum Gasteiger partial charge on any atom is 0.0664 e. The van der Waals surface area contributed by atoms with E-state index in [1.807, 2.05) is 6.92 Å². The van der Waals surface area contributed by atoms with E-state index in [1.54, 1.807) is 0 Å². The average Bonchev–Trinajstić information content (AvgIpc) is 2.16. The van der Waals surface area contributed by atoms with Gasteiger partial charge < -0.3 is 5.11 Å². The number of aliphatic hydroxyl groups excluding tert-OH is 1. The zero-order valence-corrected chi connectivity index (χ0v) is 10.0. The zero-order chi connectivity index (χ0) is 10.7. The van der Waals surface area contributed by atoms with Gasteiger partial charge in [0.2, 0.25) is 0 Å². The number of nitrogens with zero attached hydrogens (tertiary/aromatic N) is 1. The summed E-state index contributed by atoms with van der Waals surface area (Å²) in [4.78, 5) is 2.42. The molecule has 1 heterocycles. The van der Waals surface area contributed by atoms with Crippen molar-refractivity contribution in [3.63, 3.8) is 0 Å². The molecule has 0 aromatic heterocycles. The maximum atomic E-state index is 9.51. The van der Waals surface area contributed by atoms with Crippen LogP contribution < -0.4 is 0 Å². The van der Waals surface area contributed by atoms with Gasteiger partial charge in [0.15, 0.2) is 0 Å². The fraction of sp³-hybridized carbons (Fsp3) is 1.00. The highest BCUT2D eigenvalue weighted by Crippen LogP contribution is 2.25. The number of aliphatic hydroxyl groups is 1. The van der Waals surface area contributed by atoms with Crippen LogP contribution in [0.2, 0.25) is 0 Å². The number of rotatable bonds is 3. The van der Waals surface area contributed by atoms with Crippen LogP contribution in [0.15, 0.2) is 0 Å². The highest BCUT2D eigenvalue weighted by Gasteiger charge is 2.25. The molecular weight excluding hydrogens is 174 g/mol. The molecule has 1 aliphatic rings. The standard InChI is InChI=1S/C12H25NO/c1-9(2)12-5-7-13(8-6-12)10(3)11(4)14/h9-12,14H,5-8H2,1-4H3. The summed E-state index contributed by atoms with van der Waals surface area (Å²) in [5.74, 6) is 1.71. The SMILES string of the molecule is CC(C)C1CCN(C(C)C(C)O)CC1. The van der Waals surface area contributed by atoms with Gasteiger partial charge in [-0.2, -0.15) is 0 Å². The molecular formula is C12H25NO. The van der Waals surface area contributed by atoms with Crippen molar-refractivity contribution in [2.75, 3.05) is 13.1 Å². The van der Waals surface area contributed by atoms with Gasteiger partial charge in [-0.05, 0) is 51.6 Å². The first kappa shape index (κ1) is 12.0. The first-order valence-electron chi connectivity index (χ1n) is 5.94. The molecule has 14 heavy (non-hydrogen) atoms. The molecule has 0 aromatic carbocycles. The van der Waals surface area contributed by atoms with Gasteiger partial charge in [0.25, 0.3) is 0 Å². The van der Waals surface area contributed by atoms with Crippen molar-refractivity contribution in [3.05, 3.63) is 0 Å². The lowest BCUT2D eigenvalue weighted by atomic mass is 9.86. The Morgan fingerprint density at radius 2 is 1.57 bits per heavy atom. The van der Waals surface area contributed by atoms with Crippen LogP contribution in [0, 0.1) is 11.8 Å². The van der Waals surface area contributed by atoms with Crippen molar-refractivity contribution in [2.24, 2.45) is 11.8 Å². The second-order valence-electron chi connectivity index (χ2n) is 5.10. The van der Waals surface area contributed by atoms with Gasteiger partial charge in [0, 0.05) is 6.04 Å². The first-order valence-corrected chi connectivity index (χ1v) is 5.94. The van der Waals surface area contributed by atoms with E-state index in [9.17, 15) is 5.11 Å². The molecule has 0 bridgehead atoms. The van der Waals surface area contributed by atoms with Gasteiger partial charge in [-0.1, -0.05) is 13.8 Å². The fourth-order valence-electron chi connectivity index (χ4n) is 2.30. The molecule has 84 valence electrons. The third-order valence-corrected chi connectivity index (χ3v) is 3.79. The summed E-state index contributed by atoms with van der Waals surface area (Å²) in [5, 5.41) is 9.51. The number of hydrogen-bond acceptors (Lipinski definition) is 2. The highest BCUT2D eigenvalue weighted by atomic mass is 16.3. The molecule has 1 fully saturated rings. The summed E-state index contributed by atoms with van der Waals surface area (Å²) in [6, 6.07) is 0.322. The number of piperidine rings is 1. The molecule has 0 aromatic rings. The smallest absolute Gasteiger partial charge is 0.0664 e. The van der Waals surface area contributed by atoms with Crippen LogP contribution in [0.4, 0.5) is 0 Å². The summed E-state index contributed by atoms with van der Waals surface area (Å²) in [5.41, 5.74) is 0. The maximum absolute atomic E-state index is 9.51. The average molecular weight is 199 g/mol. The second-order valence-corrected chi connectivity index (χ2v) is 5.10. The lowest BCUT2D eigenvalue weighted by molar-refractivity contribution is 0.0424. The Bertz CT molecular complexity index is 160. The van der Waals surface area contributed by atoms with E-state index in [0.29, 0.717) is 6.04 Å². The van der Waals surface area contributed by atoms with Crippen LogP contribution in [0.3, 0.4) is 0 Å². The van der Waals surface area contributed by atoms with E-state index >= 15 is 0 Å². The van der Waals surface area contributed by atoms with Gasteiger partial charge in [0.1, 0.15) is 0 Å². The summed E-state index contributed by atoms with van der Waals surface area (Å²) < 4.78 is 0. The predicted octanol–water partition coefficient (Wildman–Crippen LogP) is 2.12. The van der Waals surface area contributed by atoms with Crippen LogP contribution in [0.1, 0.15) is 40.5 Å². The molecule has 1 rings (SSSR count). The molecule has 2 nitrogen and oxygen atoms in total. The first-order chi connectivity index (χ1) is 6.52. The molecule has 0 aliphatic carbocycles. The van der Waals surface area contributed by atoms with Gasteiger partial charge in [-0.25, -0.2) is 0 Å². The second kappa shape index (κ2) is 5.13. The Kier molecular flexibility index (Phi) is 4.39. The number of likely N-dealkylation sites (tertiary alicyclic amines) is 1. The van der Waals surface area contributed by atoms with Crippen molar-refractivity contribution in [3.8, 4) is 0 Å². The van der Waals surface area contributed by atoms with E-state index in [-0.39, 0.29) is 6.10 Å². The molecule has 2 unspecified atom stereocenters. The molecule has 2 atom stereocenters. The van der Waals surface area contributed by atoms with E-state index in [1.165, 1.54) is 12.8 Å². The predicted molar refractivity (Wildman–Crippen MR) is 60.3 cm³/mol. The Morgan fingerprint density at radius 3 is 1.93 bits per heavy atom. The van der Waals surface area contributed by atoms with Crippen molar-refractivity contribution in [1.82, 2.24) is 4.90 Å². The van der Waals surface area contributed by atoms with Crippen LogP contribution in [0.5, 0.6) is 0 Å². The van der Waals surface area contributed by atoms with Crippen molar-refractivity contribution in [2.45, 2.75) is 52.7 Å². The van der Waals surface area contributed by atoms with Gasteiger partial charge >= 0.3 is 0 Å². The zero-order valence-electron chi connectivity index (χ0n) is 10.0. The molecule has 1 N–H and O–H groups in total. The van der Waals surface area contributed by atoms with E-state index in [2.05, 4.69) is 25.7 Å². The minimum absolute atomic E-state index is 0.203. The molecule has 0 spiro atoms. The Hall–Kier alpha value is -0.0800. The lowest BCUT2D eigenvalue weighted by Crippen LogP contribution is -2.45. The summed E-state index contributed by atoms with van der Waals surface area (Å²) in [7, 11) is 0. The Labute approximate surface area is 88.3 Å². The largest absolute Gasteiger partial charge is 0.392 e. The van der Waals surface area contributed by atoms with Gasteiger partial charge in [-0.15, -0.1) is 0 Å². The molecule has 0 radical (unpaired) electrons. The third-order valence-electron chi connectivity index (χ3n) is 3.79. The summed E-state index contributed by atoms with van der Waals surface area (Å²) >= 11 is 0. The molecule has 1 saturated heterocycles. The van der Waals surface area contributed by atoms with Gasteiger partial charge in [-0.3, -0.25) is 4.90 Å². The molecule has 0 amide bonds. The number of hydrogen-bond donors (Lipinski definition) is 1. The van der Waals surface area contributed by atoms with E-state index < -0.39 is 0 Å².